The van der Waals surface area contributed by atoms with Crippen LogP contribution < -0.4 is 0 Å². The summed E-state index contributed by atoms with van der Waals surface area (Å²) in [4.78, 5) is 19.6. The van der Waals surface area contributed by atoms with Crippen molar-refractivity contribution >= 4 is 17.1 Å². The maximum Gasteiger partial charge on any atom is 0.161 e. The fraction of sp³-hybridized carbons (Fsp3) is 0.467. The number of nitrogens with zero attached hydrogens (tertiary/aromatic N) is 1. The van der Waals surface area contributed by atoms with Crippen molar-refractivity contribution in [1.82, 2.24) is 9.97 Å². The second-order valence-corrected chi connectivity index (χ2v) is 5.74. The van der Waals surface area contributed by atoms with E-state index in [0.29, 0.717) is 6.61 Å². The summed E-state index contributed by atoms with van der Waals surface area (Å²) in [6.07, 6.45) is 0.00222. The van der Waals surface area contributed by atoms with Crippen molar-refractivity contribution in [2.45, 2.75) is 40.7 Å². The van der Waals surface area contributed by atoms with E-state index in [1.165, 1.54) is 0 Å². The quantitative estimate of drug-likeness (QED) is 0.846. The average molecular weight is 292 g/mol. The summed E-state index contributed by atoms with van der Waals surface area (Å²) in [6.45, 7) is 10.1. The second kappa shape index (κ2) is 5.89. The normalized spacial score (nSPS) is 12.7. The van der Waals surface area contributed by atoms with Crippen LogP contribution in [0.4, 0.5) is 0 Å². The minimum atomic E-state index is 0.00222. The van der Waals surface area contributed by atoms with Crippen LogP contribution in [0.1, 0.15) is 53.5 Å². The molecule has 0 unspecified atom stereocenters. The third-order valence-corrected chi connectivity index (χ3v) is 4.34. The molecule has 108 valence electrons. The number of aromatic nitrogens is 2. The molecule has 0 aliphatic carbocycles. The number of aryl methyl sites for hydroxylation is 1. The van der Waals surface area contributed by atoms with E-state index >= 15 is 0 Å². The monoisotopic (exact) mass is 292 g/mol. The van der Waals surface area contributed by atoms with Gasteiger partial charge in [-0.25, -0.2) is 4.98 Å². The number of carbonyl (C=O) groups is 1. The molecular weight excluding hydrogens is 272 g/mol. The summed E-state index contributed by atoms with van der Waals surface area (Å²) in [6, 6.07) is 0. The predicted molar refractivity (Wildman–Crippen MR) is 81.4 cm³/mol. The maximum atomic E-state index is 11.7. The summed E-state index contributed by atoms with van der Waals surface area (Å²) in [5.41, 5.74) is 4.45. The minimum absolute atomic E-state index is 0.00222. The van der Waals surface area contributed by atoms with Crippen molar-refractivity contribution in [2.75, 3.05) is 6.61 Å². The van der Waals surface area contributed by atoms with Crippen molar-refractivity contribution < 1.29 is 9.53 Å². The summed E-state index contributed by atoms with van der Waals surface area (Å²) in [7, 11) is 0. The van der Waals surface area contributed by atoms with Gasteiger partial charge in [-0.05, 0) is 40.2 Å². The molecule has 0 radical (unpaired) electrons. The van der Waals surface area contributed by atoms with E-state index in [-0.39, 0.29) is 11.9 Å². The predicted octanol–water partition coefficient (Wildman–Crippen LogP) is 4.06. The van der Waals surface area contributed by atoms with Crippen LogP contribution in [0.2, 0.25) is 0 Å². The highest BCUT2D eigenvalue weighted by Gasteiger charge is 2.19. The zero-order valence-electron chi connectivity index (χ0n) is 12.5. The molecule has 0 aliphatic rings. The number of ketones is 1. The number of hydrogen-bond acceptors (Lipinski definition) is 4. The Morgan fingerprint density at radius 3 is 2.75 bits per heavy atom. The Kier molecular flexibility index (Phi) is 4.40. The molecule has 1 atom stereocenters. The zero-order chi connectivity index (χ0) is 14.9. The van der Waals surface area contributed by atoms with E-state index in [4.69, 9.17) is 4.74 Å². The number of thiazole rings is 1. The third-order valence-electron chi connectivity index (χ3n) is 3.33. The number of carbonyl (C=O) groups excluding carboxylic acids is 1. The number of rotatable bonds is 5. The molecule has 0 saturated carbocycles. The Balaban J connectivity index is 2.38. The average Bonchev–Trinajstić information content (AvgIpc) is 2.94. The van der Waals surface area contributed by atoms with Gasteiger partial charge in [0, 0.05) is 23.2 Å². The Morgan fingerprint density at radius 2 is 2.20 bits per heavy atom. The maximum absolute atomic E-state index is 11.7. The zero-order valence-corrected chi connectivity index (χ0v) is 13.4. The lowest BCUT2D eigenvalue weighted by molar-refractivity contribution is 0.0762. The van der Waals surface area contributed by atoms with Crippen molar-refractivity contribution in [2.24, 2.45) is 0 Å². The molecule has 0 aromatic carbocycles. The third kappa shape index (κ3) is 2.69. The Labute approximate surface area is 123 Å². The SMILES string of the molecule is CCO[C@@H](C)c1nc(-c2[nH]c(C)c(C(C)=O)c2C)cs1. The molecule has 0 spiro atoms. The van der Waals surface area contributed by atoms with Crippen LogP contribution in [0.5, 0.6) is 0 Å². The molecule has 2 heterocycles. The van der Waals surface area contributed by atoms with Crippen molar-refractivity contribution in [1.29, 1.82) is 0 Å². The number of hydrogen-bond donors (Lipinski definition) is 1. The highest BCUT2D eigenvalue weighted by molar-refractivity contribution is 7.10. The summed E-state index contributed by atoms with van der Waals surface area (Å²) in [5.74, 6) is 0.0839. The van der Waals surface area contributed by atoms with Gasteiger partial charge in [0.05, 0.1) is 11.4 Å². The summed E-state index contributed by atoms with van der Waals surface area (Å²) >= 11 is 1.58. The van der Waals surface area contributed by atoms with Crippen molar-refractivity contribution in [3.8, 4) is 11.4 Å². The van der Waals surface area contributed by atoms with Crippen LogP contribution in [-0.4, -0.2) is 22.4 Å². The number of Topliss-reactive ketones (excluding diaryl/α,β-unsaturated/α-hetero) is 1. The van der Waals surface area contributed by atoms with Crippen LogP contribution in [0.3, 0.4) is 0 Å². The highest BCUT2D eigenvalue weighted by Crippen LogP contribution is 2.31. The van der Waals surface area contributed by atoms with Gasteiger partial charge < -0.3 is 9.72 Å². The van der Waals surface area contributed by atoms with Crippen molar-refractivity contribution in [3.63, 3.8) is 0 Å². The molecule has 2 rings (SSSR count). The molecule has 20 heavy (non-hydrogen) atoms. The summed E-state index contributed by atoms with van der Waals surface area (Å²) in [5, 5.41) is 2.96. The molecule has 0 amide bonds. The van der Waals surface area contributed by atoms with Crippen LogP contribution in [0.15, 0.2) is 5.38 Å². The summed E-state index contributed by atoms with van der Waals surface area (Å²) < 4.78 is 5.56. The van der Waals surface area contributed by atoms with Gasteiger partial charge in [-0.3, -0.25) is 4.79 Å². The van der Waals surface area contributed by atoms with Crippen LogP contribution in [0, 0.1) is 13.8 Å². The van der Waals surface area contributed by atoms with Gasteiger partial charge in [0.15, 0.2) is 5.78 Å². The van der Waals surface area contributed by atoms with E-state index in [0.717, 1.165) is 33.2 Å². The van der Waals surface area contributed by atoms with Gasteiger partial charge >= 0.3 is 0 Å². The van der Waals surface area contributed by atoms with Gasteiger partial charge in [0.2, 0.25) is 0 Å². The molecule has 2 aromatic rings. The van der Waals surface area contributed by atoms with E-state index in [1.807, 2.05) is 33.1 Å². The van der Waals surface area contributed by atoms with E-state index in [9.17, 15) is 4.79 Å². The highest BCUT2D eigenvalue weighted by atomic mass is 32.1. The topological polar surface area (TPSA) is 55.0 Å². The molecule has 1 N–H and O–H groups in total. The molecule has 0 saturated heterocycles. The van der Waals surface area contributed by atoms with Gasteiger partial charge in [0.25, 0.3) is 0 Å². The lowest BCUT2D eigenvalue weighted by atomic mass is 10.1. The number of nitrogens with one attached hydrogen (secondary N) is 1. The molecule has 2 aromatic heterocycles. The standard InChI is InChI=1S/C15H20N2O2S/c1-6-19-11(5)15-17-12(7-20-15)14-8(2)13(10(4)18)9(3)16-14/h7,11,16H,6H2,1-5H3/t11-/m0/s1. The Bertz CT molecular complexity index is 628. The first-order valence-electron chi connectivity index (χ1n) is 6.73. The van der Waals surface area contributed by atoms with Gasteiger partial charge in [-0.1, -0.05) is 0 Å². The van der Waals surface area contributed by atoms with Gasteiger partial charge in [-0.15, -0.1) is 11.3 Å². The van der Waals surface area contributed by atoms with Gasteiger partial charge in [-0.2, -0.15) is 0 Å². The molecule has 0 fully saturated rings. The molecule has 5 heteroatoms. The minimum Gasteiger partial charge on any atom is -0.372 e. The first kappa shape index (κ1) is 14.9. The van der Waals surface area contributed by atoms with E-state index in [1.54, 1.807) is 18.3 Å². The van der Waals surface area contributed by atoms with Gasteiger partial charge in [0.1, 0.15) is 11.1 Å². The fourth-order valence-electron chi connectivity index (χ4n) is 2.44. The fourth-order valence-corrected chi connectivity index (χ4v) is 3.26. The number of aromatic amines is 1. The smallest absolute Gasteiger partial charge is 0.161 e. The van der Waals surface area contributed by atoms with Crippen LogP contribution >= 0.6 is 11.3 Å². The molecular formula is C15H20N2O2S. The first-order valence-corrected chi connectivity index (χ1v) is 7.61. The molecule has 0 aliphatic heterocycles. The first-order chi connectivity index (χ1) is 9.45. The lowest BCUT2D eigenvalue weighted by Crippen LogP contribution is -1.98. The van der Waals surface area contributed by atoms with E-state index < -0.39 is 0 Å². The molecule has 4 nitrogen and oxygen atoms in total. The van der Waals surface area contributed by atoms with Crippen LogP contribution in [0.25, 0.3) is 11.4 Å². The van der Waals surface area contributed by atoms with E-state index in [2.05, 4.69) is 9.97 Å². The largest absolute Gasteiger partial charge is 0.372 e. The number of H-pyrrole nitrogens is 1. The lowest BCUT2D eigenvalue weighted by Gasteiger charge is -2.06. The Hall–Kier alpha value is -1.46. The second-order valence-electron chi connectivity index (χ2n) is 4.85. The van der Waals surface area contributed by atoms with Crippen LogP contribution in [-0.2, 0) is 4.74 Å². The molecule has 0 bridgehead atoms. The van der Waals surface area contributed by atoms with Crippen molar-refractivity contribution in [3.05, 3.63) is 27.2 Å². The Morgan fingerprint density at radius 1 is 1.50 bits per heavy atom. The number of ether oxygens (including phenoxy) is 1.